The summed E-state index contributed by atoms with van der Waals surface area (Å²) in [6.45, 7) is 12.8. The molecule has 2 saturated heterocycles. The Balaban J connectivity index is 1.71. The van der Waals surface area contributed by atoms with Crippen LogP contribution in [0.3, 0.4) is 0 Å². The number of ether oxygens (including phenoxy) is 1. The van der Waals surface area contributed by atoms with E-state index in [0.717, 1.165) is 39.2 Å². The van der Waals surface area contributed by atoms with E-state index < -0.39 is 5.54 Å². The fourth-order valence-electron chi connectivity index (χ4n) is 4.52. The van der Waals surface area contributed by atoms with Crippen molar-refractivity contribution < 1.29 is 9.53 Å². The van der Waals surface area contributed by atoms with Gasteiger partial charge in [0.1, 0.15) is 5.54 Å². The largest absolute Gasteiger partial charge is 0.377 e. The van der Waals surface area contributed by atoms with Crippen molar-refractivity contribution in [3.8, 4) is 0 Å². The predicted octanol–water partition coefficient (Wildman–Crippen LogP) is 0.681. The van der Waals surface area contributed by atoms with Crippen LogP contribution in [0.25, 0.3) is 0 Å². The Morgan fingerprint density at radius 1 is 1.24 bits per heavy atom. The summed E-state index contributed by atoms with van der Waals surface area (Å²) in [4.78, 5) is 17.5. The van der Waals surface area contributed by atoms with Crippen LogP contribution in [0.1, 0.15) is 34.1 Å². The molecular formula is C16H29N3O2. The standard InChI is InChI=1S/C16H29N3O2/c1-11(2)18-6-8-19(9-7-18)14(20)16(17)12-5-10-21-13(12)15(16,3)4/h11-13H,5-10,17H2,1-4H3. The molecule has 21 heavy (non-hydrogen) atoms. The Kier molecular flexibility index (Phi) is 3.58. The van der Waals surface area contributed by atoms with Crippen LogP contribution in [0.2, 0.25) is 0 Å². The maximum Gasteiger partial charge on any atom is 0.243 e. The van der Waals surface area contributed by atoms with Gasteiger partial charge in [0.2, 0.25) is 5.91 Å². The van der Waals surface area contributed by atoms with Crippen LogP contribution in [-0.2, 0) is 9.53 Å². The zero-order chi connectivity index (χ0) is 15.4. The lowest BCUT2D eigenvalue weighted by molar-refractivity contribution is -0.185. The number of nitrogens with zero attached hydrogens (tertiary/aromatic N) is 2. The molecule has 1 amide bonds. The first-order valence-corrected chi connectivity index (χ1v) is 8.24. The van der Waals surface area contributed by atoms with Gasteiger partial charge in [-0.3, -0.25) is 9.69 Å². The molecule has 0 radical (unpaired) electrons. The van der Waals surface area contributed by atoms with Crippen LogP contribution in [-0.4, -0.2) is 66.2 Å². The number of carbonyl (C=O) groups is 1. The van der Waals surface area contributed by atoms with Gasteiger partial charge in [-0.05, 0) is 20.3 Å². The van der Waals surface area contributed by atoms with E-state index in [9.17, 15) is 4.79 Å². The lowest BCUT2D eigenvalue weighted by Gasteiger charge is -2.62. The van der Waals surface area contributed by atoms with Crippen molar-refractivity contribution in [3.05, 3.63) is 0 Å². The van der Waals surface area contributed by atoms with Gasteiger partial charge >= 0.3 is 0 Å². The van der Waals surface area contributed by atoms with Gasteiger partial charge in [0.15, 0.2) is 0 Å². The molecule has 2 aliphatic heterocycles. The van der Waals surface area contributed by atoms with Gasteiger partial charge < -0.3 is 15.4 Å². The number of carbonyl (C=O) groups excluding carboxylic acids is 1. The number of hydrogen-bond donors (Lipinski definition) is 1. The number of nitrogens with two attached hydrogens (primary N) is 1. The third kappa shape index (κ3) is 1.97. The smallest absolute Gasteiger partial charge is 0.243 e. The highest BCUT2D eigenvalue weighted by atomic mass is 16.5. The van der Waals surface area contributed by atoms with E-state index in [1.165, 1.54) is 0 Å². The molecule has 5 nitrogen and oxygen atoms in total. The van der Waals surface area contributed by atoms with E-state index in [0.29, 0.717) is 6.04 Å². The van der Waals surface area contributed by atoms with Crippen LogP contribution in [0.4, 0.5) is 0 Å². The molecular weight excluding hydrogens is 266 g/mol. The minimum absolute atomic E-state index is 0.141. The van der Waals surface area contributed by atoms with Crippen molar-refractivity contribution in [2.45, 2.75) is 51.8 Å². The van der Waals surface area contributed by atoms with Crippen molar-refractivity contribution in [2.75, 3.05) is 32.8 Å². The molecule has 2 N–H and O–H groups in total. The molecule has 0 aromatic rings. The van der Waals surface area contributed by atoms with Crippen LogP contribution in [0.15, 0.2) is 0 Å². The predicted molar refractivity (Wildman–Crippen MR) is 81.8 cm³/mol. The second-order valence-corrected chi connectivity index (χ2v) is 7.70. The summed E-state index contributed by atoms with van der Waals surface area (Å²) in [7, 11) is 0. The third-order valence-corrected chi connectivity index (χ3v) is 6.14. The second-order valence-electron chi connectivity index (χ2n) is 7.70. The molecule has 120 valence electrons. The summed E-state index contributed by atoms with van der Waals surface area (Å²) in [5, 5.41) is 0. The van der Waals surface area contributed by atoms with Crippen LogP contribution >= 0.6 is 0 Å². The molecule has 0 aromatic heterocycles. The zero-order valence-electron chi connectivity index (χ0n) is 13.8. The van der Waals surface area contributed by atoms with E-state index in [2.05, 4.69) is 32.6 Å². The highest BCUT2D eigenvalue weighted by Gasteiger charge is 2.71. The summed E-state index contributed by atoms with van der Waals surface area (Å²) < 4.78 is 5.79. The van der Waals surface area contributed by atoms with E-state index in [1.54, 1.807) is 0 Å². The normalized spacial score (nSPS) is 39.2. The monoisotopic (exact) mass is 295 g/mol. The lowest BCUT2D eigenvalue weighted by Crippen LogP contribution is -2.80. The van der Waals surface area contributed by atoms with Crippen molar-refractivity contribution in [1.82, 2.24) is 9.80 Å². The zero-order valence-corrected chi connectivity index (χ0v) is 13.8. The molecule has 3 atom stereocenters. The first kappa shape index (κ1) is 15.3. The lowest BCUT2D eigenvalue weighted by atomic mass is 9.47. The third-order valence-electron chi connectivity index (χ3n) is 6.14. The summed E-state index contributed by atoms with van der Waals surface area (Å²) in [6.07, 6.45) is 1.07. The average molecular weight is 295 g/mol. The number of rotatable bonds is 2. The molecule has 1 saturated carbocycles. The van der Waals surface area contributed by atoms with Crippen LogP contribution in [0, 0.1) is 11.3 Å². The highest BCUT2D eigenvalue weighted by Crippen LogP contribution is 2.58. The van der Waals surface area contributed by atoms with Gasteiger partial charge in [-0.15, -0.1) is 0 Å². The topological polar surface area (TPSA) is 58.8 Å². The molecule has 3 unspecified atom stereocenters. The molecule has 1 aliphatic carbocycles. The molecule has 0 bridgehead atoms. The van der Waals surface area contributed by atoms with Crippen molar-refractivity contribution >= 4 is 5.91 Å². The van der Waals surface area contributed by atoms with Crippen molar-refractivity contribution in [1.29, 1.82) is 0 Å². The minimum atomic E-state index is -0.742. The van der Waals surface area contributed by atoms with Gasteiger partial charge in [0.05, 0.1) is 6.10 Å². The summed E-state index contributed by atoms with van der Waals surface area (Å²) in [6, 6.07) is 0.543. The van der Waals surface area contributed by atoms with Crippen LogP contribution < -0.4 is 5.73 Å². The Morgan fingerprint density at radius 2 is 1.86 bits per heavy atom. The SMILES string of the molecule is CC(C)N1CCN(C(=O)C2(N)C3CCOC3C2(C)C)CC1. The van der Waals surface area contributed by atoms with Gasteiger partial charge in [-0.1, -0.05) is 13.8 Å². The first-order chi connectivity index (χ1) is 9.80. The fourth-order valence-corrected chi connectivity index (χ4v) is 4.52. The Morgan fingerprint density at radius 3 is 2.43 bits per heavy atom. The molecule has 5 heteroatoms. The molecule has 0 spiro atoms. The highest BCUT2D eigenvalue weighted by molar-refractivity contribution is 5.89. The van der Waals surface area contributed by atoms with Gasteiger partial charge in [-0.2, -0.15) is 0 Å². The summed E-state index contributed by atoms with van der Waals surface area (Å²) in [5.74, 6) is 0.339. The molecule has 3 rings (SSSR count). The molecule has 0 aromatic carbocycles. The fraction of sp³-hybridized carbons (Fsp3) is 0.938. The Labute approximate surface area is 127 Å². The Hall–Kier alpha value is -0.650. The van der Waals surface area contributed by atoms with E-state index >= 15 is 0 Å². The van der Waals surface area contributed by atoms with E-state index in [4.69, 9.17) is 10.5 Å². The number of amides is 1. The minimum Gasteiger partial charge on any atom is -0.377 e. The maximum atomic E-state index is 13.1. The first-order valence-electron chi connectivity index (χ1n) is 8.24. The maximum absolute atomic E-state index is 13.1. The van der Waals surface area contributed by atoms with Gasteiger partial charge in [0, 0.05) is 50.2 Å². The van der Waals surface area contributed by atoms with E-state index in [1.807, 2.05) is 4.90 Å². The summed E-state index contributed by atoms with van der Waals surface area (Å²) in [5.41, 5.74) is 5.64. The number of hydrogen-bond acceptors (Lipinski definition) is 4. The van der Waals surface area contributed by atoms with Crippen LogP contribution in [0.5, 0.6) is 0 Å². The van der Waals surface area contributed by atoms with E-state index in [-0.39, 0.29) is 23.3 Å². The molecule has 2 heterocycles. The number of piperazine rings is 1. The summed E-state index contributed by atoms with van der Waals surface area (Å²) >= 11 is 0. The molecule has 3 fully saturated rings. The molecule has 3 aliphatic rings. The van der Waals surface area contributed by atoms with Crippen molar-refractivity contribution in [2.24, 2.45) is 17.1 Å². The Bertz CT molecular complexity index is 429. The number of fused-ring (bicyclic) bond motifs is 1. The second kappa shape index (κ2) is 4.93. The van der Waals surface area contributed by atoms with Gasteiger partial charge in [-0.25, -0.2) is 0 Å². The van der Waals surface area contributed by atoms with Gasteiger partial charge in [0.25, 0.3) is 0 Å². The quantitative estimate of drug-likeness (QED) is 0.814. The average Bonchev–Trinajstić information content (AvgIpc) is 2.94. The van der Waals surface area contributed by atoms with Crippen molar-refractivity contribution in [3.63, 3.8) is 0 Å².